The maximum absolute atomic E-state index is 12.7. The summed E-state index contributed by atoms with van der Waals surface area (Å²) in [6.07, 6.45) is 2.36. The summed E-state index contributed by atoms with van der Waals surface area (Å²) in [4.78, 5) is 25.3. The smallest absolute Gasteiger partial charge is 0.339 e. The maximum Gasteiger partial charge on any atom is 0.339 e. The summed E-state index contributed by atoms with van der Waals surface area (Å²) in [5.41, 5.74) is 0.608. The van der Waals surface area contributed by atoms with Gasteiger partial charge in [0.2, 0.25) is 0 Å². The molecule has 1 N–H and O–H groups in total. The number of benzene rings is 1. The first-order valence-electron chi connectivity index (χ1n) is 8.25. The van der Waals surface area contributed by atoms with Crippen LogP contribution in [0.5, 0.6) is 5.75 Å². The Bertz CT molecular complexity index is 791. The molecule has 2 aromatic rings. The Morgan fingerprint density at radius 1 is 1.28 bits per heavy atom. The number of rotatable bonds is 7. The number of amides is 1. The molecule has 0 atom stereocenters. The van der Waals surface area contributed by atoms with E-state index in [9.17, 15) is 9.59 Å². The van der Waals surface area contributed by atoms with Crippen molar-refractivity contribution in [3.05, 3.63) is 53.0 Å². The highest BCUT2D eigenvalue weighted by molar-refractivity contribution is 5.96. The highest BCUT2D eigenvalue weighted by atomic mass is 16.5. The zero-order chi connectivity index (χ0) is 18.0. The molecule has 1 aromatic carbocycles. The van der Waals surface area contributed by atoms with Crippen LogP contribution in [0.4, 0.5) is 0 Å². The van der Waals surface area contributed by atoms with Crippen molar-refractivity contribution in [2.45, 2.75) is 26.3 Å². The second-order valence-corrected chi connectivity index (χ2v) is 6.40. The molecule has 0 saturated heterocycles. The van der Waals surface area contributed by atoms with Crippen molar-refractivity contribution in [2.75, 3.05) is 13.7 Å². The monoisotopic (exact) mass is 343 g/mol. The molecule has 1 heterocycles. The Labute approximate surface area is 146 Å². The van der Waals surface area contributed by atoms with E-state index < -0.39 is 5.97 Å². The quantitative estimate of drug-likeness (QED) is 0.834. The first kappa shape index (κ1) is 17.1. The van der Waals surface area contributed by atoms with Crippen molar-refractivity contribution in [1.29, 1.82) is 0 Å². The minimum absolute atomic E-state index is 0.115. The summed E-state index contributed by atoms with van der Waals surface area (Å²) in [5.74, 6) is 0.700. The van der Waals surface area contributed by atoms with Gasteiger partial charge in [0.05, 0.1) is 18.7 Å². The van der Waals surface area contributed by atoms with E-state index in [1.807, 2.05) is 6.07 Å². The predicted molar refractivity (Wildman–Crippen MR) is 90.9 cm³/mol. The van der Waals surface area contributed by atoms with Gasteiger partial charge in [-0.05, 0) is 43.9 Å². The number of nitrogens with zero attached hydrogens (tertiary/aromatic N) is 1. The third kappa shape index (κ3) is 4.02. The number of carbonyl (C=O) groups excluding carboxylic acids is 1. The zero-order valence-corrected chi connectivity index (χ0v) is 14.3. The first-order chi connectivity index (χ1) is 12.0. The van der Waals surface area contributed by atoms with Crippen LogP contribution in [-0.2, 0) is 6.54 Å². The maximum atomic E-state index is 12.7. The van der Waals surface area contributed by atoms with Gasteiger partial charge < -0.3 is 19.2 Å². The lowest BCUT2D eigenvalue weighted by atomic mass is 10.1. The number of furan rings is 1. The molecule has 1 saturated carbocycles. The molecule has 0 bridgehead atoms. The molecular weight excluding hydrogens is 322 g/mol. The largest absolute Gasteiger partial charge is 0.492 e. The van der Waals surface area contributed by atoms with E-state index in [0.717, 1.165) is 0 Å². The predicted octanol–water partition coefficient (Wildman–Crippen LogP) is 3.35. The summed E-state index contributed by atoms with van der Waals surface area (Å²) < 4.78 is 11.2. The van der Waals surface area contributed by atoms with Crippen LogP contribution >= 0.6 is 0 Å². The van der Waals surface area contributed by atoms with Crippen LogP contribution in [0.3, 0.4) is 0 Å². The number of hydrogen-bond donors (Lipinski definition) is 1. The van der Waals surface area contributed by atoms with E-state index in [1.54, 1.807) is 32.2 Å². The van der Waals surface area contributed by atoms with Gasteiger partial charge in [0, 0.05) is 7.05 Å². The second kappa shape index (κ2) is 7.01. The number of para-hydroxylation sites is 1. The Balaban J connectivity index is 1.71. The van der Waals surface area contributed by atoms with E-state index in [4.69, 9.17) is 14.3 Å². The average Bonchev–Trinajstić information content (AvgIpc) is 3.34. The Morgan fingerprint density at radius 2 is 2.00 bits per heavy atom. The van der Waals surface area contributed by atoms with Crippen molar-refractivity contribution in [1.82, 2.24) is 4.90 Å². The van der Waals surface area contributed by atoms with Gasteiger partial charge in [-0.2, -0.15) is 0 Å². The molecule has 1 fully saturated rings. The van der Waals surface area contributed by atoms with Gasteiger partial charge >= 0.3 is 5.97 Å². The Kier molecular flexibility index (Phi) is 4.79. The van der Waals surface area contributed by atoms with E-state index in [-0.39, 0.29) is 18.0 Å². The molecule has 132 valence electrons. The van der Waals surface area contributed by atoms with Crippen molar-refractivity contribution >= 4 is 11.9 Å². The molecule has 25 heavy (non-hydrogen) atoms. The van der Waals surface area contributed by atoms with Gasteiger partial charge in [-0.15, -0.1) is 0 Å². The van der Waals surface area contributed by atoms with Gasteiger partial charge in [-0.25, -0.2) is 4.79 Å². The molecule has 6 heteroatoms. The van der Waals surface area contributed by atoms with Crippen LogP contribution in [0.25, 0.3) is 0 Å². The molecule has 0 unspecified atom stereocenters. The van der Waals surface area contributed by atoms with E-state index >= 15 is 0 Å². The minimum atomic E-state index is -1.04. The van der Waals surface area contributed by atoms with Crippen LogP contribution in [0.15, 0.2) is 34.7 Å². The van der Waals surface area contributed by atoms with E-state index in [1.165, 1.54) is 23.8 Å². The molecule has 3 rings (SSSR count). The van der Waals surface area contributed by atoms with Crippen molar-refractivity contribution in [3.8, 4) is 5.75 Å². The fourth-order valence-electron chi connectivity index (χ4n) is 2.61. The number of hydrogen-bond acceptors (Lipinski definition) is 4. The van der Waals surface area contributed by atoms with Crippen LogP contribution in [0.2, 0.25) is 0 Å². The fourth-order valence-corrected chi connectivity index (χ4v) is 2.61. The van der Waals surface area contributed by atoms with Crippen LogP contribution < -0.4 is 4.74 Å². The first-order valence-corrected chi connectivity index (χ1v) is 8.25. The topological polar surface area (TPSA) is 80.0 Å². The molecule has 0 spiro atoms. The molecule has 1 aromatic heterocycles. The molecule has 0 radical (unpaired) electrons. The Morgan fingerprint density at radius 3 is 2.64 bits per heavy atom. The lowest BCUT2D eigenvalue weighted by Gasteiger charge is -2.18. The summed E-state index contributed by atoms with van der Waals surface area (Å²) >= 11 is 0. The second-order valence-electron chi connectivity index (χ2n) is 6.40. The fraction of sp³-hybridized carbons (Fsp3) is 0.368. The Hall–Kier alpha value is -2.76. The third-order valence-electron chi connectivity index (χ3n) is 4.23. The zero-order valence-electron chi connectivity index (χ0n) is 14.3. The number of carboxylic acids is 1. The molecule has 0 aliphatic heterocycles. The van der Waals surface area contributed by atoms with Crippen molar-refractivity contribution in [2.24, 2.45) is 5.92 Å². The van der Waals surface area contributed by atoms with Crippen LogP contribution in [-0.4, -0.2) is 35.5 Å². The van der Waals surface area contributed by atoms with Gasteiger partial charge in [-0.3, -0.25) is 4.79 Å². The van der Waals surface area contributed by atoms with Crippen LogP contribution in [0.1, 0.15) is 45.1 Å². The van der Waals surface area contributed by atoms with Gasteiger partial charge in [0.1, 0.15) is 22.8 Å². The number of carbonyl (C=O) groups is 2. The lowest BCUT2D eigenvalue weighted by molar-refractivity contribution is 0.0694. The number of carboxylic acid groups (broad SMARTS) is 1. The highest BCUT2D eigenvalue weighted by Crippen LogP contribution is 2.30. The van der Waals surface area contributed by atoms with E-state index in [2.05, 4.69) is 0 Å². The SMILES string of the molecule is Cc1oc(CN(C)C(=O)c2ccccc2OCC2CC2)cc1C(=O)O. The normalized spacial score (nSPS) is 13.5. The average molecular weight is 343 g/mol. The van der Waals surface area contributed by atoms with Gasteiger partial charge in [0.15, 0.2) is 0 Å². The number of ether oxygens (including phenoxy) is 1. The standard InChI is InChI=1S/C19H21NO5/c1-12-16(19(22)23)9-14(25-12)10-20(2)18(21)15-5-3-4-6-17(15)24-11-13-7-8-13/h3-6,9,13H,7-8,10-11H2,1-2H3,(H,22,23). The summed E-state index contributed by atoms with van der Waals surface area (Å²) in [5, 5.41) is 9.09. The third-order valence-corrected chi connectivity index (χ3v) is 4.23. The highest BCUT2D eigenvalue weighted by Gasteiger charge is 2.24. The number of aryl methyl sites for hydroxylation is 1. The van der Waals surface area contributed by atoms with Gasteiger partial charge in [0.25, 0.3) is 5.91 Å². The summed E-state index contributed by atoms with van der Waals surface area (Å²) in [6, 6.07) is 8.62. The minimum Gasteiger partial charge on any atom is -0.492 e. The number of aromatic carboxylic acids is 1. The summed E-state index contributed by atoms with van der Waals surface area (Å²) in [7, 11) is 1.65. The molecule has 6 nitrogen and oxygen atoms in total. The molecule has 1 amide bonds. The van der Waals surface area contributed by atoms with E-state index in [0.29, 0.717) is 35.4 Å². The van der Waals surface area contributed by atoms with Crippen molar-refractivity contribution in [3.63, 3.8) is 0 Å². The molecule has 1 aliphatic carbocycles. The molecule has 1 aliphatic rings. The van der Waals surface area contributed by atoms with Gasteiger partial charge in [-0.1, -0.05) is 12.1 Å². The summed E-state index contributed by atoms with van der Waals surface area (Å²) in [6.45, 7) is 2.41. The lowest BCUT2D eigenvalue weighted by Crippen LogP contribution is -2.26. The molecular formula is C19H21NO5. The van der Waals surface area contributed by atoms with Crippen molar-refractivity contribution < 1.29 is 23.8 Å². The van der Waals surface area contributed by atoms with Crippen LogP contribution in [0, 0.1) is 12.8 Å².